The number of aryl methyl sites for hydroxylation is 1. The maximum Gasteiger partial charge on any atom is 0.329 e. The van der Waals surface area contributed by atoms with E-state index in [0.717, 1.165) is 16.8 Å². The Bertz CT molecular complexity index is 1100. The van der Waals surface area contributed by atoms with E-state index in [9.17, 15) is 14.4 Å². The average Bonchev–Trinajstić information content (AvgIpc) is 2.81. The van der Waals surface area contributed by atoms with Crippen LogP contribution in [0.2, 0.25) is 0 Å². The maximum absolute atomic E-state index is 12.5. The van der Waals surface area contributed by atoms with Crippen LogP contribution in [0.4, 0.5) is 5.69 Å². The molecular formula is C25H31IN4O5. The molecule has 0 radical (unpaired) electrons. The van der Waals surface area contributed by atoms with E-state index in [0.29, 0.717) is 33.7 Å². The second-order valence-corrected chi connectivity index (χ2v) is 8.99. The van der Waals surface area contributed by atoms with Crippen LogP contribution in [-0.2, 0) is 14.4 Å². The van der Waals surface area contributed by atoms with Crippen LogP contribution in [-0.4, -0.2) is 43.2 Å². The number of rotatable bonds is 10. The standard InChI is InChI=1S/C25H31IN4O5/c1-6-16(4)28-24(32)25(33)30-27-13-18-11-19(26)23(21(12-18)34-7-2)35-14-22(31)29-20-10-8-9-15(3)17(20)5/h8-13,16H,6-7,14H2,1-5H3,(H,28,32)(H,29,31)(H,30,33)/b27-13-/t16-/m0/s1. The largest absolute Gasteiger partial charge is 0.490 e. The van der Waals surface area contributed by atoms with Crippen molar-refractivity contribution >= 4 is 52.2 Å². The zero-order valence-electron chi connectivity index (χ0n) is 20.5. The van der Waals surface area contributed by atoms with Gasteiger partial charge in [0.2, 0.25) is 0 Å². The van der Waals surface area contributed by atoms with E-state index in [1.165, 1.54) is 6.21 Å². The minimum absolute atomic E-state index is 0.108. The molecule has 2 aromatic rings. The van der Waals surface area contributed by atoms with Crippen LogP contribution in [0.5, 0.6) is 11.5 Å². The third-order valence-electron chi connectivity index (χ3n) is 5.13. The molecule has 0 aliphatic rings. The molecule has 1 atom stereocenters. The minimum atomic E-state index is -0.851. The first kappa shape index (κ1) is 28.1. The highest BCUT2D eigenvalue weighted by atomic mass is 127. The molecule has 0 aromatic heterocycles. The smallest absolute Gasteiger partial charge is 0.329 e. The van der Waals surface area contributed by atoms with Crippen molar-refractivity contribution in [2.75, 3.05) is 18.5 Å². The number of hydrogen-bond donors (Lipinski definition) is 3. The Morgan fingerprint density at radius 3 is 2.54 bits per heavy atom. The number of carbonyl (C=O) groups excluding carboxylic acids is 3. The molecule has 0 aliphatic carbocycles. The van der Waals surface area contributed by atoms with Crippen molar-refractivity contribution in [3.8, 4) is 11.5 Å². The monoisotopic (exact) mass is 594 g/mol. The lowest BCUT2D eigenvalue weighted by Crippen LogP contribution is -2.41. The van der Waals surface area contributed by atoms with E-state index in [2.05, 4.69) is 43.8 Å². The van der Waals surface area contributed by atoms with Gasteiger partial charge in [-0.25, -0.2) is 5.43 Å². The molecule has 0 saturated carbocycles. The van der Waals surface area contributed by atoms with Gasteiger partial charge in [-0.3, -0.25) is 14.4 Å². The summed E-state index contributed by atoms with van der Waals surface area (Å²) in [6.45, 7) is 9.66. The Kier molecular flexibility index (Phi) is 11.0. The van der Waals surface area contributed by atoms with Gasteiger partial charge < -0.3 is 20.1 Å². The molecule has 3 amide bonds. The van der Waals surface area contributed by atoms with Gasteiger partial charge in [0, 0.05) is 11.7 Å². The van der Waals surface area contributed by atoms with Crippen molar-refractivity contribution in [1.29, 1.82) is 0 Å². The zero-order chi connectivity index (χ0) is 26.0. The van der Waals surface area contributed by atoms with Gasteiger partial charge in [0.1, 0.15) is 0 Å². The van der Waals surface area contributed by atoms with Crippen molar-refractivity contribution in [3.63, 3.8) is 0 Å². The molecule has 0 spiro atoms. The highest BCUT2D eigenvalue weighted by molar-refractivity contribution is 14.1. The number of benzene rings is 2. The zero-order valence-corrected chi connectivity index (χ0v) is 22.7. The van der Waals surface area contributed by atoms with E-state index in [1.54, 1.807) is 12.1 Å². The summed E-state index contributed by atoms with van der Waals surface area (Å²) in [6, 6.07) is 9.04. The fraction of sp³-hybridized carbons (Fsp3) is 0.360. The van der Waals surface area contributed by atoms with Gasteiger partial charge in [0.25, 0.3) is 5.91 Å². The highest BCUT2D eigenvalue weighted by Crippen LogP contribution is 2.34. The number of anilines is 1. The van der Waals surface area contributed by atoms with Crippen LogP contribution in [0.25, 0.3) is 0 Å². The van der Waals surface area contributed by atoms with E-state index >= 15 is 0 Å². The lowest BCUT2D eigenvalue weighted by Gasteiger charge is -2.15. The Balaban J connectivity index is 2.06. The Morgan fingerprint density at radius 2 is 1.86 bits per heavy atom. The molecule has 0 heterocycles. The third-order valence-corrected chi connectivity index (χ3v) is 5.94. The first-order valence-corrected chi connectivity index (χ1v) is 12.3. The molecule has 0 bridgehead atoms. The molecule has 35 heavy (non-hydrogen) atoms. The molecule has 0 fully saturated rings. The topological polar surface area (TPSA) is 118 Å². The molecule has 188 valence electrons. The van der Waals surface area contributed by atoms with E-state index in [4.69, 9.17) is 9.47 Å². The van der Waals surface area contributed by atoms with E-state index in [1.807, 2.05) is 52.8 Å². The number of hydrazone groups is 1. The third kappa shape index (κ3) is 8.53. The molecule has 0 aliphatic heterocycles. The van der Waals surface area contributed by atoms with E-state index < -0.39 is 11.8 Å². The summed E-state index contributed by atoms with van der Waals surface area (Å²) >= 11 is 2.07. The van der Waals surface area contributed by atoms with Crippen LogP contribution < -0.4 is 25.5 Å². The summed E-state index contributed by atoms with van der Waals surface area (Å²) in [5.74, 6) is -1.03. The van der Waals surface area contributed by atoms with Crippen molar-refractivity contribution in [3.05, 3.63) is 50.6 Å². The Labute approximate surface area is 219 Å². The van der Waals surface area contributed by atoms with Crippen molar-refractivity contribution in [2.45, 2.75) is 47.1 Å². The fourth-order valence-corrected chi connectivity index (χ4v) is 3.66. The molecule has 2 rings (SSSR count). The molecular weight excluding hydrogens is 563 g/mol. The molecule has 3 N–H and O–H groups in total. The highest BCUT2D eigenvalue weighted by Gasteiger charge is 2.16. The lowest BCUT2D eigenvalue weighted by atomic mass is 10.1. The molecule has 0 unspecified atom stereocenters. The van der Waals surface area contributed by atoms with Crippen molar-refractivity contribution < 1.29 is 23.9 Å². The summed E-state index contributed by atoms with van der Waals surface area (Å²) < 4.78 is 12.2. The van der Waals surface area contributed by atoms with Crippen LogP contribution in [0, 0.1) is 17.4 Å². The number of carbonyl (C=O) groups is 3. The first-order chi connectivity index (χ1) is 16.7. The summed E-state index contributed by atoms with van der Waals surface area (Å²) in [5, 5.41) is 9.29. The quantitative estimate of drug-likeness (QED) is 0.168. The van der Waals surface area contributed by atoms with Gasteiger partial charge in [-0.2, -0.15) is 5.10 Å². The minimum Gasteiger partial charge on any atom is -0.490 e. The lowest BCUT2D eigenvalue weighted by molar-refractivity contribution is -0.139. The number of halogens is 1. The van der Waals surface area contributed by atoms with Crippen molar-refractivity contribution in [2.24, 2.45) is 5.10 Å². The average molecular weight is 594 g/mol. The maximum atomic E-state index is 12.5. The van der Waals surface area contributed by atoms with Crippen LogP contribution >= 0.6 is 22.6 Å². The van der Waals surface area contributed by atoms with Gasteiger partial charge in [0.05, 0.1) is 16.4 Å². The predicted octanol–water partition coefficient (Wildman–Crippen LogP) is 3.69. The SMILES string of the molecule is CCOc1cc(/C=N\NC(=O)C(=O)N[C@@H](C)CC)cc(I)c1OCC(=O)Nc1cccc(C)c1C. The second kappa shape index (κ2) is 13.7. The molecule has 2 aromatic carbocycles. The normalized spacial score (nSPS) is 11.6. The molecule has 9 nitrogen and oxygen atoms in total. The summed E-state index contributed by atoms with van der Waals surface area (Å²) in [5.41, 5.74) is 5.65. The Morgan fingerprint density at radius 1 is 1.11 bits per heavy atom. The number of amides is 3. The molecule has 10 heteroatoms. The number of hydrogen-bond acceptors (Lipinski definition) is 6. The summed E-state index contributed by atoms with van der Waals surface area (Å²) in [4.78, 5) is 36.1. The number of nitrogens with one attached hydrogen (secondary N) is 3. The second-order valence-electron chi connectivity index (χ2n) is 7.83. The summed E-state index contributed by atoms with van der Waals surface area (Å²) in [7, 11) is 0. The Hall–Kier alpha value is -3.15. The number of ether oxygens (including phenoxy) is 2. The van der Waals surface area contributed by atoms with Gasteiger partial charge in [0.15, 0.2) is 18.1 Å². The molecule has 0 saturated heterocycles. The fourth-order valence-electron chi connectivity index (χ4n) is 2.88. The van der Waals surface area contributed by atoms with Crippen LogP contribution in [0.3, 0.4) is 0 Å². The first-order valence-electron chi connectivity index (χ1n) is 11.2. The number of nitrogens with zero attached hydrogens (tertiary/aromatic N) is 1. The van der Waals surface area contributed by atoms with Crippen LogP contribution in [0.15, 0.2) is 35.4 Å². The van der Waals surface area contributed by atoms with Crippen molar-refractivity contribution in [1.82, 2.24) is 10.7 Å². The van der Waals surface area contributed by atoms with E-state index in [-0.39, 0.29) is 18.6 Å². The predicted molar refractivity (Wildman–Crippen MR) is 144 cm³/mol. The van der Waals surface area contributed by atoms with Gasteiger partial charge in [-0.15, -0.1) is 0 Å². The van der Waals surface area contributed by atoms with Crippen LogP contribution in [0.1, 0.15) is 43.9 Å². The van der Waals surface area contributed by atoms with Gasteiger partial charge >= 0.3 is 11.8 Å². The van der Waals surface area contributed by atoms with Gasteiger partial charge in [-0.1, -0.05) is 19.1 Å². The van der Waals surface area contributed by atoms with Gasteiger partial charge in [-0.05, 0) is 91.6 Å². The summed E-state index contributed by atoms with van der Waals surface area (Å²) in [6.07, 6.45) is 2.11.